The van der Waals surface area contributed by atoms with Crippen molar-refractivity contribution in [2.45, 2.75) is 33.2 Å². The third-order valence-electron chi connectivity index (χ3n) is 5.97. The van der Waals surface area contributed by atoms with Crippen molar-refractivity contribution < 1.29 is 42.1 Å². The fourth-order valence-electron chi connectivity index (χ4n) is 4.44. The SMILES string of the molecule is CCOc1ccc(/C(O)=C2/C(=O)C(=O)N(c3ccc(OC(F)(F)F)cc3)C2c2cccc(C)c2)c(OCC)c1. The molecule has 204 valence electrons. The van der Waals surface area contributed by atoms with Gasteiger partial charge in [-0.25, -0.2) is 0 Å². The van der Waals surface area contributed by atoms with E-state index in [9.17, 15) is 27.9 Å². The number of nitrogens with zero attached hydrogens (tertiary/aromatic N) is 1. The van der Waals surface area contributed by atoms with Crippen LogP contribution in [0.5, 0.6) is 17.2 Å². The normalized spacial score (nSPS) is 16.9. The Labute approximate surface area is 223 Å². The van der Waals surface area contributed by atoms with E-state index in [0.29, 0.717) is 17.9 Å². The number of ketones is 1. The lowest BCUT2D eigenvalue weighted by atomic mass is 9.94. The number of aliphatic hydroxyl groups is 1. The van der Waals surface area contributed by atoms with Gasteiger partial charge in [0.15, 0.2) is 0 Å². The number of benzene rings is 3. The predicted octanol–water partition coefficient (Wildman–Crippen LogP) is 6.32. The summed E-state index contributed by atoms with van der Waals surface area (Å²) in [6.45, 7) is 6.08. The molecule has 39 heavy (non-hydrogen) atoms. The average molecular weight is 542 g/mol. The molecule has 0 aromatic heterocycles. The Kier molecular flexibility index (Phi) is 7.85. The quantitative estimate of drug-likeness (QED) is 0.204. The van der Waals surface area contributed by atoms with Gasteiger partial charge in [-0.1, -0.05) is 29.8 Å². The Hall–Kier alpha value is -4.47. The Morgan fingerprint density at radius 3 is 2.21 bits per heavy atom. The molecule has 0 radical (unpaired) electrons. The minimum absolute atomic E-state index is 0.147. The summed E-state index contributed by atoms with van der Waals surface area (Å²) in [5.74, 6) is -2.09. The number of carbonyl (C=O) groups excluding carboxylic acids is 2. The summed E-state index contributed by atoms with van der Waals surface area (Å²) < 4.78 is 53.1. The molecule has 3 aromatic rings. The molecule has 3 aromatic carbocycles. The highest BCUT2D eigenvalue weighted by molar-refractivity contribution is 6.51. The molecule has 4 rings (SSSR count). The van der Waals surface area contributed by atoms with Crippen LogP contribution in [-0.4, -0.2) is 36.4 Å². The number of halogens is 3. The lowest BCUT2D eigenvalue weighted by Gasteiger charge is -2.26. The van der Waals surface area contributed by atoms with Gasteiger partial charge >= 0.3 is 6.36 Å². The molecule has 1 heterocycles. The van der Waals surface area contributed by atoms with Crippen molar-refractivity contribution in [2.75, 3.05) is 18.1 Å². The minimum atomic E-state index is -4.89. The average Bonchev–Trinajstić information content (AvgIpc) is 3.14. The second kappa shape index (κ2) is 11.1. The third-order valence-corrected chi connectivity index (χ3v) is 5.97. The molecule has 10 heteroatoms. The largest absolute Gasteiger partial charge is 0.573 e. The molecule has 0 aliphatic carbocycles. The number of carbonyl (C=O) groups is 2. The monoisotopic (exact) mass is 541 g/mol. The van der Waals surface area contributed by atoms with Gasteiger partial charge in [0.1, 0.15) is 23.0 Å². The summed E-state index contributed by atoms with van der Waals surface area (Å²) in [5.41, 5.74) is 1.50. The van der Waals surface area contributed by atoms with Crippen LogP contribution >= 0.6 is 0 Å². The molecular formula is C29H26F3NO6. The van der Waals surface area contributed by atoms with Crippen LogP contribution in [0.2, 0.25) is 0 Å². The third kappa shape index (κ3) is 5.84. The summed E-state index contributed by atoms with van der Waals surface area (Å²) in [4.78, 5) is 27.9. The van der Waals surface area contributed by atoms with Crippen LogP contribution in [0.3, 0.4) is 0 Å². The van der Waals surface area contributed by atoms with Gasteiger partial charge in [-0.3, -0.25) is 14.5 Å². The molecule has 1 aliphatic heterocycles. The second-order valence-electron chi connectivity index (χ2n) is 8.65. The van der Waals surface area contributed by atoms with E-state index in [2.05, 4.69) is 4.74 Å². The predicted molar refractivity (Wildman–Crippen MR) is 138 cm³/mol. The maximum atomic E-state index is 13.4. The summed E-state index contributed by atoms with van der Waals surface area (Å²) in [7, 11) is 0. The number of aliphatic hydroxyl groups excluding tert-OH is 1. The van der Waals surface area contributed by atoms with Gasteiger partial charge < -0.3 is 19.3 Å². The van der Waals surface area contributed by atoms with Gasteiger partial charge in [-0.05, 0) is 62.7 Å². The van der Waals surface area contributed by atoms with E-state index in [1.807, 2.05) is 19.9 Å². The van der Waals surface area contributed by atoms with Gasteiger partial charge in [0.05, 0.1) is 30.4 Å². The highest BCUT2D eigenvalue weighted by Crippen LogP contribution is 2.44. The van der Waals surface area contributed by atoms with Crippen molar-refractivity contribution in [1.82, 2.24) is 0 Å². The van der Waals surface area contributed by atoms with E-state index in [4.69, 9.17) is 9.47 Å². The number of alkyl halides is 3. The summed E-state index contributed by atoms with van der Waals surface area (Å²) >= 11 is 0. The van der Waals surface area contributed by atoms with Crippen LogP contribution in [-0.2, 0) is 9.59 Å². The number of amides is 1. The Bertz CT molecular complexity index is 1420. The van der Waals surface area contributed by atoms with Crippen molar-refractivity contribution >= 4 is 23.1 Å². The maximum Gasteiger partial charge on any atom is 0.573 e. The Balaban J connectivity index is 1.88. The summed E-state index contributed by atoms with van der Waals surface area (Å²) in [6, 6.07) is 15.3. The minimum Gasteiger partial charge on any atom is -0.507 e. The number of hydrogen-bond acceptors (Lipinski definition) is 6. The zero-order chi connectivity index (χ0) is 28.3. The molecule has 0 bridgehead atoms. The highest BCUT2D eigenvalue weighted by atomic mass is 19.4. The molecule has 1 atom stereocenters. The molecule has 7 nitrogen and oxygen atoms in total. The number of anilines is 1. The van der Waals surface area contributed by atoms with Gasteiger partial charge in [-0.2, -0.15) is 0 Å². The summed E-state index contributed by atoms with van der Waals surface area (Å²) in [6.07, 6.45) is -4.89. The van der Waals surface area contributed by atoms with E-state index in [1.165, 1.54) is 18.2 Å². The molecule has 1 unspecified atom stereocenters. The second-order valence-corrected chi connectivity index (χ2v) is 8.65. The lowest BCUT2D eigenvalue weighted by Crippen LogP contribution is -2.29. The molecule has 0 saturated carbocycles. The first-order valence-corrected chi connectivity index (χ1v) is 12.2. The van der Waals surface area contributed by atoms with E-state index in [1.54, 1.807) is 37.3 Å². The fourth-order valence-corrected chi connectivity index (χ4v) is 4.44. The first kappa shape index (κ1) is 27.6. The first-order chi connectivity index (χ1) is 18.5. The van der Waals surface area contributed by atoms with Crippen LogP contribution in [0.1, 0.15) is 36.6 Å². The molecule has 1 aliphatic rings. The molecule has 0 spiro atoms. The van der Waals surface area contributed by atoms with Crippen LogP contribution in [0.15, 0.2) is 72.3 Å². The van der Waals surface area contributed by atoms with Crippen LogP contribution < -0.4 is 19.1 Å². The van der Waals surface area contributed by atoms with Crippen molar-refractivity contribution in [3.8, 4) is 17.2 Å². The molecule has 1 fully saturated rings. The van der Waals surface area contributed by atoms with Crippen molar-refractivity contribution in [3.63, 3.8) is 0 Å². The molecule has 1 amide bonds. The van der Waals surface area contributed by atoms with Gasteiger partial charge in [0.25, 0.3) is 11.7 Å². The van der Waals surface area contributed by atoms with Crippen molar-refractivity contribution in [1.29, 1.82) is 0 Å². The summed E-state index contributed by atoms with van der Waals surface area (Å²) in [5, 5.41) is 11.5. The Morgan fingerprint density at radius 2 is 1.59 bits per heavy atom. The van der Waals surface area contributed by atoms with Crippen LogP contribution in [0.4, 0.5) is 18.9 Å². The molecule has 1 saturated heterocycles. The van der Waals surface area contributed by atoms with Crippen LogP contribution in [0.25, 0.3) is 5.76 Å². The van der Waals surface area contributed by atoms with E-state index >= 15 is 0 Å². The number of aryl methyl sites for hydroxylation is 1. The fraction of sp³-hybridized carbons (Fsp3) is 0.241. The molecular weight excluding hydrogens is 515 g/mol. The van der Waals surface area contributed by atoms with Crippen LogP contribution in [0, 0.1) is 6.92 Å². The Morgan fingerprint density at radius 1 is 0.923 bits per heavy atom. The van der Waals surface area contributed by atoms with Gasteiger partial charge in [0, 0.05) is 11.8 Å². The first-order valence-electron chi connectivity index (χ1n) is 12.2. The van der Waals surface area contributed by atoms with Gasteiger partial charge in [0.2, 0.25) is 0 Å². The highest BCUT2D eigenvalue weighted by Gasteiger charge is 2.47. The zero-order valence-electron chi connectivity index (χ0n) is 21.4. The number of Topliss-reactive ketones (excluding diaryl/α,β-unsaturated/α-hetero) is 1. The topological polar surface area (TPSA) is 85.3 Å². The van der Waals surface area contributed by atoms with Crippen molar-refractivity contribution in [3.05, 3.63) is 89.0 Å². The van der Waals surface area contributed by atoms with Gasteiger partial charge in [-0.15, -0.1) is 13.2 Å². The maximum absolute atomic E-state index is 13.4. The number of hydrogen-bond donors (Lipinski definition) is 1. The smallest absolute Gasteiger partial charge is 0.507 e. The standard InChI is InChI=1S/C29H26F3NO6/c1-4-37-21-13-14-22(23(16-21)38-5-2)26(34)24-25(18-8-6-7-17(3)15-18)33(28(36)27(24)35)19-9-11-20(12-10-19)39-29(30,31)32/h6-16,25,34H,4-5H2,1-3H3/b26-24-. The van der Waals surface area contributed by atoms with E-state index in [-0.39, 0.29) is 29.2 Å². The molecule has 1 N–H and O–H groups in total. The zero-order valence-corrected chi connectivity index (χ0v) is 21.4. The number of rotatable bonds is 8. The van der Waals surface area contributed by atoms with E-state index < -0.39 is 35.6 Å². The lowest BCUT2D eigenvalue weighted by molar-refractivity contribution is -0.274. The number of ether oxygens (including phenoxy) is 3. The van der Waals surface area contributed by atoms with Crippen molar-refractivity contribution in [2.24, 2.45) is 0 Å². The van der Waals surface area contributed by atoms with E-state index in [0.717, 1.165) is 22.6 Å².